The number of anilines is 1. The van der Waals surface area contributed by atoms with E-state index in [9.17, 15) is 4.79 Å². The molecule has 5 heteroatoms. The van der Waals surface area contributed by atoms with E-state index in [4.69, 9.17) is 4.74 Å². The molecule has 0 aliphatic carbocycles. The molecule has 128 valence electrons. The van der Waals surface area contributed by atoms with Gasteiger partial charge in [0.15, 0.2) is 0 Å². The number of hydrogen-bond acceptors (Lipinski definition) is 4. The second kappa shape index (κ2) is 8.74. The second-order valence-electron chi connectivity index (χ2n) is 5.36. The van der Waals surface area contributed by atoms with Gasteiger partial charge in [0.2, 0.25) is 5.91 Å². The van der Waals surface area contributed by atoms with E-state index in [1.807, 2.05) is 70.9 Å². The molecule has 0 radical (unpaired) electrons. The van der Waals surface area contributed by atoms with Gasteiger partial charge in [0.1, 0.15) is 5.75 Å². The number of benzene rings is 2. The van der Waals surface area contributed by atoms with Gasteiger partial charge in [0.05, 0.1) is 19.4 Å². The molecule has 0 saturated heterocycles. The van der Waals surface area contributed by atoms with Crippen LogP contribution in [0.25, 0.3) is 0 Å². The minimum absolute atomic E-state index is 0.0902. The molecule has 2 aromatic carbocycles. The Bertz CT molecular complexity index is 786. The van der Waals surface area contributed by atoms with Crippen LogP contribution in [-0.2, 0) is 11.3 Å². The van der Waals surface area contributed by atoms with Crippen molar-refractivity contribution in [1.29, 1.82) is 0 Å². The largest absolute Gasteiger partial charge is 0.497 e. The zero-order valence-corrected chi connectivity index (χ0v) is 15.6. The summed E-state index contributed by atoms with van der Waals surface area (Å²) in [7, 11) is 1.64. The molecule has 0 N–H and O–H groups in total. The van der Waals surface area contributed by atoms with Crippen molar-refractivity contribution in [3.8, 4) is 5.75 Å². The van der Waals surface area contributed by atoms with Gasteiger partial charge in [-0.1, -0.05) is 24.3 Å². The molecule has 1 aromatic heterocycles. The van der Waals surface area contributed by atoms with Crippen LogP contribution in [0.1, 0.15) is 4.88 Å². The fraction of sp³-hybridized carbons (Fsp3) is 0.150. The summed E-state index contributed by atoms with van der Waals surface area (Å²) in [6.07, 6.45) is 0. The molecule has 3 aromatic rings. The first kappa shape index (κ1) is 17.6. The summed E-state index contributed by atoms with van der Waals surface area (Å²) < 4.78 is 5.22. The van der Waals surface area contributed by atoms with E-state index in [2.05, 4.69) is 6.07 Å². The second-order valence-corrected chi connectivity index (χ2v) is 7.44. The molecule has 1 heterocycles. The van der Waals surface area contributed by atoms with E-state index in [1.54, 1.807) is 30.2 Å². The van der Waals surface area contributed by atoms with Crippen LogP contribution in [0, 0.1) is 0 Å². The highest BCUT2D eigenvalue weighted by Gasteiger charge is 2.17. The maximum Gasteiger partial charge on any atom is 0.237 e. The van der Waals surface area contributed by atoms with Crippen LogP contribution in [0.4, 0.5) is 5.69 Å². The molecule has 0 aliphatic heterocycles. The van der Waals surface area contributed by atoms with Gasteiger partial charge in [0, 0.05) is 15.5 Å². The van der Waals surface area contributed by atoms with E-state index in [1.165, 1.54) is 0 Å². The van der Waals surface area contributed by atoms with Crippen molar-refractivity contribution in [2.45, 2.75) is 11.4 Å². The molecule has 25 heavy (non-hydrogen) atoms. The van der Waals surface area contributed by atoms with Crippen LogP contribution in [0.2, 0.25) is 0 Å². The highest BCUT2D eigenvalue weighted by molar-refractivity contribution is 8.00. The summed E-state index contributed by atoms with van der Waals surface area (Å²) in [5.74, 6) is 1.28. The third-order valence-corrected chi connectivity index (χ3v) is 5.54. The van der Waals surface area contributed by atoms with Gasteiger partial charge in [-0.15, -0.1) is 23.1 Å². The van der Waals surface area contributed by atoms with E-state index < -0.39 is 0 Å². The lowest BCUT2D eigenvalue weighted by Gasteiger charge is -2.22. The molecule has 0 bridgehead atoms. The van der Waals surface area contributed by atoms with E-state index in [-0.39, 0.29) is 5.91 Å². The quantitative estimate of drug-likeness (QED) is 0.544. The van der Waals surface area contributed by atoms with Crippen LogP contribution in [0.3, 0.4) is 0 Å². The number of hydrogen-bond donors (Lipinski definition) is 0. The SMILES string of the molecule is COc1ccc(N(Cc2cccs2)C(=O)CSc2ccccc2)cc1. The average Bonchev–Trinajstić information content (AvgIpc) is 3.18. The normalized spacial score (nSPS) is 10.4. The monoisotopic (exact) mass is 369 g/mol. The smallest absolute Gasteiger partial charge is 0.237 e. The minimum Gasteiger partial charge on any atom is -0.497 e. The standard InChI is InChI=1S/C20H19NO2S2/c1-23-17-11-9-16(10-12-17)21(14-19-8-5-13-24-19)20(22)15-25-18-6-3-2-4-7-18/h2-13H,14-15H2,1H3. The van der Waals surface area contributed by atoms with Crippen molar-refractivity contribution in [3.63, 3.8) is 0 Å². The predicted octanol–water partition coefficient (Wildman–Crippen LogP) is 5.08. The third-order valence-electron chi connectivity index (χ3n) is 3.68. The number of thioether (sulfide) groups is 1. The number of thiophene rings is 1. The Labute approximate surface area is 156 Å². The summed E-state index contributed by atoms with van der Waals surface area (Å²) >= 11 is 3.22. The predicted molar refractivity (Wildman–Crippen MR) is 106 cm³/mol. The van der Waals surface area contributed by atoms with Crippen LogP contribution < -0.4 is 9.64 Å². The Kier molecular flexibility index (Phi) is 6.14. The number of carbonyl (C=O) groups excluding carboxylic acids is 1. The molecule has 0 unspecified atom stereocenters. The van der Waals surface area contributed by atoms with Crippen LogP contribution >= 0.6 is 23.1 Å². The zero-order chi connectivity index (χ0) is 17.5. The third kappa shape index (κ3) is 4.87. The lowest BCUT2D eigenvalue weighted by Crippen LogP contribution is -2.31. The summed E-state index contributed by atoms with van der Waals surface area (Å²) in [6.45, 7) is 0.582. The van der Waals surface area contributed by atoms with Crippen molar-refractivity contribution in [2.75, 3.05) is 17.8 Å². The fourth-order valence-corrected chi connectivity index (χ4v) is 3.87. The maximum absolute atomic E-state index is 12.9. The molecule has 0 aliphatic rings. The summed E-state index contributed by atoms with van der Waals surface area (Å²) in [5, 5.41) is 2.03. The number of methoxy groups -OCH3 is 1. The lowest BCUT2D eigenvalue weighted by molar-refractivity contribution is -0.116. The molecular weight excluding hydrogens is 350 g/mol. The Morgan fingerprint density at radius 1 is 1.04 bits per heavy atom. The molecule has 3 rings (SSSR count). The minimum atomic E-state index is 0.0902. The number of rotatable bonds is 7. The lowest BCUT2D eigenvalue weighted by atomic mass is 10.2. The number of ether oxygens (including phenoxy) is 1. The average molecular weight is 370 g/mol. The van der Waals surface area contributed by atoms with E-state index in [0.717, 1.165) is 21.2 Å². The Morgan fingerprint density at radius 2 is 1.80 bits per heavy atom. The Morgan fingerprint density at radius 3 is 2.44 bits per heavy atom. The number of nitrogens with zero attached hydrogens (tertiary/aromatic N) is 1. The van der Waals surface area contributed by atoms with Gasteiger partial charge in [-0.05, 0) is 47.8 Å². The summed E-state index contributed by atoms with van der Waals surface area (Å²) in [5.41, 5.74) is 0.882. The van der Waals surface area contributed by atoms with Crippen LogP contribution in [0.5, 0.6) is 5.75 Å². The fourth-order valence-electron chi connectivity index (χ4n) is 2.38. The first-order valence-corrected chi connectivity index (χ1v) is 9.77. The maximum atomic E-state index is 12.9. The van der Waals surface area contributed by atoms with Gasteiger partial charge in [0.25, 0.3) is 0 Å². The van der Waals surface area contributed by atoms with Gasteiger partial charge >= 0.3 is 0 Å². The molecule has 1 amide bonds. The van der Waals surface area contributed by atoms with E-state index in [0.29, 0.717) is 12.3 Å². The summed E-state index contributed by atoms with van der Waals surface area (Å²) in [4.78, 5) is 17.0. The van der Waals surface area contributed by atoms with E-state index >= 15 is 0 Å². The van der Waals surface area contributed by atoms with Crippen molar-refractivity contribution in [1.82, 2.24) is 0 Å². The first-order chi connectivity index (χ1) is 12.3. The van der Waals surface area contributed by atoms with Crippen molar-refractivity contribution in [2.24, 2.45) is 0 Å². The Hall–Kier alpha value is -2.24. The zero-order valence-electron chi connectivity index (χ0n) is 13.9. The van der Waals surface area contributed by atoms with Crippen molar-refractivity contribution in [3.05, 3.63) is 77.0 Å². The first-order valence-electron chi connectivity index (χ1n) is 7.91. The van der Waals surface area contributed by atoms with Gasteiger partial charge in [-0.2, -0.15) is 0 Å². The number of amides is 1. The Balaban J connectivity index is 1.75. The van der Waals surface area contributed by atoms with Gasteiger partial charge < -0.3 is 9.64 Å². The molecule has 0 spiro atoms. The summed E-state index contributed by atoms with van der Waals surface area (Å²) in [6, 6.07) is 21.7. The van der Waals surface area contributed by atoms with Crippen LogP contribution in [-0.4, -0.2) is 18.8 Å². The van der Waals surface area contributed by atoms with Crippen molar-refractivity contribution >= 4 is 34.7 Å². The van der Waals surface area contributed by atoms with Crippen LogP contribution in [0.15, 0.2) is 77.0 Å². The highest BCUT2D eigenvalue weighted by atomic mass is 32.2. The molecule has 0 fully saturated rings. The topological polar surface area (TPSA) is 29.5 Å². The molecule has 3 nitrogen and oxygen atoms in total. The van der Waals surface area contributed by atoms with Gasteiger partial charge in [-0.3, -0.25) is 4.79 Å². The molecular formula is C20H19NO2S2. The molecule has 0 atom stereocenters. The highest BCUT2D eigenvalue weighted by Crippen LogP contribution is 2.25. The molecule has 0 saturated carbocycles. The van der Waals surface area contributed by atoms with Crippen molar-refractivity contribution < 1.29 is 9.53 Å². The van der Waals surface area contributed by atoms with Gasteiger partial charge in [-0.25, -0.2) is 0 Å². The number of carbonyl (C=O) groups is 1.